The Kier molecular flexibility index (Phi) is 4.34. The predicted molar refractivity (Wildman–Crippen MR) is 80.9 cm³/mol. The Bertz CT molecular complexity index is 585. The van der Waals surface area contributed by atoms with Gasteiger partial charge in [0.15, 0.2) is 0 Å². The first kappa shape index (κ1) is 14.9. The second kappa shape index (κ2) is 5.84. The van der Waals surface area contributed by atoms with Crippen molar-refractivity contribution in [3.8, 4) is 5.75 Å². The van der Waals surface area contributed by atoms with Gasteiger partial charge in [-0.05, 0) is 35.2 Å². The van der Waals surface area contributed by atoms with Gasteiger partial charge in [0, 0.05) is 10.6 Å². The molecule has 0 aliphatic heterocycles. The molecule has 0 radical (unpaired) electrons. The van der Waals surface area contributed by atoms with Crippen molar-refractivity contribution in [3.05, 3.63) is 64.4 Å². The number of hydrogen-bond acceptors (Lipinski definition) is 1. The van der Waals surface area contributed by atoms with Gasteiger partial charge in [0.25, 0.3) is 0 Å². The van der Waals surface area contributed by atoms with Crippen molar-refractivity contribution < 1.29 is 9.13 Å². The molecule has 0 saturated carbocycles. The van der Waals surface area contributed by atoms with Gasteiger partial charge in [-0.25, -0.2) is 4.39 Å². The van der Waals surface area contributed by atoms with E-state index in [0.29, 0.717) is 10.6 Å². The van der Waals surface area contributed by atoms with Crippen LogP contribution in [0.25, 0.3) is 0 Å². The van der Waals surface area contributed by atoms with Crippen molar-refractivity contribution in [1.29, 1.82) is 0 Å². The van der Waals surface area contributed by atoms with Crippen LogP contribution in [0.3, 0.4) is 0 Å². The summed E-state index contributed by atoms with van der Waals surface area (Å²) in [5.74, 6) is 0.385. The van der Waals surface area contributed by atoms with Gasteiger partial charge < -0.3 is 4.74 Å². The third-order valence-corrected chi connectivity index (χ3v) is 3.36. The first-order valence-corrected chi connectivity index (χ1v) is 6.91. The Morgan fingerprint density at radius 1 is 1.05 bits per heavy atom. The normalized spacial score (nSPS) is 11.4. The van der Waals surface area contributed by atoms with Gasteiger partial charge >= 0.3 is 0 Å². The minimum atomic E-state index is -0.344. The molecule has 0 heterocycles. The van der Waals surface area contributed by atoms with Crippen molar-refractivity contribution in [2.45, 2.75) is 32.8 Å². The molecule has 2 aromatic rings. The van der Waals surface area contributed by atoms with Gasteiger partial charge in [0.05, 0.1) is 0 Å². The summed E-state index contributed by atoms with van der Waals surface area (Å²) in [4.78, 5) is 0. The second-order valence-electron chi connectivity index (χ2n) is 5.80. The lowest BCUT2D eigenvalue weighted by Gasteiger charge is -2.19. The van der Waals surface area contributed by atoms with E-state index >= 15 is 0 Å². The summed E-state index contributed by atoms with van der Waals surface area (Å²) in [6.45, 7) is 6.67. The Morgan fingerprint density at radius 2 is 1.70 bits per heavy atom. The molecule has 0 saturated heterocycles. The lowest BCUT2D eigenvalue weighted by atomic mass is 9.87. The molecule has 0 atom stereocenters. The van der Waals surface area contributed by atoms with E-state index in [-0.39, 0.29) is 17.8 Å². The first-order chi connectivity index (χ1) is 9.36. The Balaban J connectivity index is 2.04. The maximum Gasteiger partial charge on any atom is 0.131 e. The maximum atomic E-state index is 13.6. The molecule has 0 unspecified atom stereocenters. The quantitative estimate of drug-likeness (QED) is 0.740. The average molecular weight is 293 g/mol. The highest BCUT2D eigenvalue weighted by molar-refractivity contribution is 6.30. The van der Waals surface area contributed by atoms with Crippen LogP contribution in [0.4, 0.5) is 4.39 Å². The smallest absolute Gasteiger partial charge is 0.131 e. The predicted octanol–water partition coefficient (Wildman–Crippen LogP) is 5.36. The summed E-state index contributed by atoms with van der Waals surface area (Å²) in [6, 6.07) is 12.5. The summed E-state index contributed by atoms with van der Waals surface area (Å²) >= 11 is 5.71. The zero-order valence-corrected chi connectivity index (χ0v) is 12.7. The van der Waals surface area contributed by atoms with E-state index in [1.54, 1.807) is 12.1 Å². The van der Waals surface area contributed by atoms with Crippen LogP contribution in [-0.4, -0.2) is 0 Å². The lowest BCUT2D eigenvalue weighted by molar-refractivity contribution is 0.299. The highest BCUT2D eigenvalue weighted by Gasteiger charge is 2.13. The fourth-order valence-electron chi connectivity index (χ4n) is 1.85. The molecule has 0 N–H and O–H groups in total. The fourth-order valence-corrected chi connectivity index (χ4v) is 2.01. The molecule has 0 fully saturated rings. The van der Waals surface area contributed by atoms with Gasteiger partial charge in [-0.2, -0.15) is 0 Å². The van der Waals surface area contributed by atoms with Crippen LogP contribution in [0.5, 0.6) is 5.75 Å². The minimum absolute atomic E-state index is 0.112. The van der Waals surface area contributed by atoms with Gasteiger partial charge in [0.1, 0.15) is 18.2 Å². The molecule has 0 bridgehead atoms. The standard InChI is InChI=1S/C17H18ClFO/c1-17(2,3)13-5-8-15(9-6-13)20-11-12-4-7-14(18)10-16(12)19/h4-10H,11H2,1-3H3. The van der Waals surface area contributed by atoms with Gasteiger partial charge in [-0.15, -0.1) is 0 Å². The summed E-state index contributed by atoms with van der Waals surface area (Å²) in [5.41, 5.74) is 1.85. The monoisotopic (exact) mass is 292 g/mol. The van der Waals surface area contributed by atoms with E-state index < -0.39 is 0 Å². The molecule has 0 spiro atoms. The van der Waals surface area contributed by atoms with Crippen LogP contribution in [0.15, 0.2) is 42.5 Å². The van der Waals surface area contributed by atoms with Crippen molar-refractivity contribution >= 4 is 11.6 Å². The first-order valence-electron chi connectivity index (χ1n) is 6.53. The Morgan fingerprint density at radius 3 is 2.25 bits per heavy atom. The van der Waals surface area contributed by atoms with Crippen LogP contribution < -0.4 is 4.74 Å². The second-order valence-corrected chi connectivity index (χ2v) is 6.24. The molecular formula is C17H18ClFO. The number of ether oxygens (including phenoxy) is 1. The molecule has 3 heteroatoms. The Hall–Kier alpha value is -1.54. The highest BCUT2D eigenvalue weighted by atomic mass is 35.5. The summed E-state index contributed by atoms with van der Waals surface area (Å²) in [6.07, 6.45) is 0. The molecular weight excluding hydrogens is 275 g/mol. The van der Waals surface area contributed by atoms with Crippen molar-refractivity contribution in [1.82, 2.24) is 0 Å². The molecule has 0 aliphatic carbocycles. The molecule has 2 rings (SSSR count). The van der Waals surface area contributed by atoms with E-state index in [2.05, 4.69) is 20.8 Å². The minimum Gasteiger partial charge on any atom is -0.489 e. The van der Waals surface area contributed by atoms with E-state index in [1.807, 2.05) is 24.3 Å². The molecule has 0 amide bonds. The van der Waals surface area contributed by atoms with E-state index in [9.17, 15) is 4.39 Å². The maximum absolute atomic E-state index is 13.6. The third kappa shape index (κ3) is 3.73. The number of halogens is 2. The largest absolute Gasteiger partial charge is 0.489 e. The summed E-state index contributed by atoms with van der Waals surface area (Å²) in [5, 5.41) is 0.390. The zero-order valence-electron chi connectivity index (χ0n) is 11.9. The molecule has 2 aromatic carbocycles. The van der Waals surface area contributed by atoms with Crippen molar-refractivity contribution in [2.75, 3.05) is 0 Å². The SMILES string of the molecule is CC(C)(C)c1ccc(OCc2ccc(Cl)cc2F)cc1. The average Bonchev–Trinajstić information content (AvgIpc) is 2.37. The van der Waals surface area contributed by atoms with Crippen LogP contribution in [-0.2, 0) is 12.0 Å². The van der Waals surface area contributed by atoms with Crippen LogP contribution >= 0.6 is 11.6 Å². The third-order valence-electron chi connectivity index (χ3n) is 3.13. The summed E-state index contributed by atoms with van der Waals surface area (Å²) < 4.78 is 19.2. The molecule has 106 valence electrons. The van der Waals surface area contributed by atoms with Crippen molar-refractivity contribution in [2.24, 2.45) is 0 Å². The lowest BCUT2D eigenvalue weighted by Crippen LogP contribution is -2.10. The number of benzene rings is 2. The van der Waals surface area contributed by atoms with E-state index in [4.69, 9.17) is 16.3 Å². The van der Waals surface area contributed by atoms with Crippen LogP contribution in [0.2, 0.25) is 5.02 Å². The van der Waals surface area contributed by atoms with Crippen molar-refractivity contribution in [3.63, 3.8) is 0 Å². The fraction of sp³-hybridized carbons (Fsp3) is 0.294. The van der Waals surface area contributed by atoms with Gasteiger partial charge in [-0.3, -0.25) is 0 Å². The van der Waals surface area contributed by atoms with Crippen LogP contribution in [0.1, 0.15) is 31.9 Å². The summed E-state index contributed by atoms with van der Waals surface area (Å²) in [7, 11) is 0. The van der Waals surface area contributed by atoms with Gasteiger partial charge in [-0.1, -0.05) is 50.6 Å². The van der Waals surface area contributed by atoms with E-state index in [1.165, 1.54) is 11.6 Å². The van der Waals surface area contributed by atoms with E-state index in [0.717, 1.165) is 5.75 Å². The Labute approximate surface area is 124 Å². The molecule has 0 aliphatic rings. The number of rotatable bonds is 3. The highest BCUT2D eigenvalue weighted by Crippen LogP contribution is 2.25. The molecule has 0 aromatic heterocycles. The van der Waals surface area contributed by atoms with Gasteiger partial charge in [0.2, 0.25) is 0 Å². The topological polar surface area (TPSA) is 9.23 Å². The molecule has 1 nitrogen and oxygen atoms in total. The van der Waals surface area contributed by atoms with Crippen LogP contribution in [0, 0.1) is 5.82 Å². The zero-order chi connectivity index (χ0) is 14.8. The molecule has 20 heavy (non-hydrogen) atoms. The number of hydrogen-bond donors (Lipinski definition) is 0.